The molecule has 0 radical (unpaired) electrons. The van der Waals surface area contributed by atoms with Crippen molar-refractivity contribution in [2.45, 2.75) is 82.3 Å². The summed E-state index contributed by atoms with van der Waals surface area (Å²) in [7, 11) is 7.95. The first kappa shape index (κ1) is 59.4. The van der Waals surface area contributed by atoms with Crippen LogP contribution in [0.25, 0.3) is 113 Å². The highest BCUT2D eigenvalue weighted by molar-refractivity contribution is 6.80. The summed E-state index contributed by atoms with van der Waals surface area (Å²) < 4.78 is 148. The van der Waals surface area contributed by atoms with Crippen LogP contribution in [0.1, 0.15) is 88.4 Å². The van der Waals surface area contributed by atoms with Crippen molar-refractivity contribution in [1.82, 2.24) is 19.9 Å². The van der Waals surface area contributed by atoms with Gasteiger partial charge in [0, 0.05) is 135 Å². The monoisotopic (exact) mass is 1540 g/mol. The summed E-state index contributed by atoms with van der Waals surface area (Å²) in [6, 6.07) is 62.7. The van der Waals surface area contributed by atoms with Crippen molar-refractivity contribution in [3.63, 3.8) is 0 Å². The van der Waals surface area contributed by atoms with Crippen LogP contribution in [-0.2, 0) is 28.2 Å². The van der Waals surface area contributed by atoms with Crippen molar-refractivity contribution in [1.29, 1.82) is 0 Å². The van der Waals surface area contributed by atoms with E-state index in [0.717, 1.165) is 106 Å². The van der Waals surface area contributed by atoms with Gasteiger partial charge >= 0.3 is 27.4 Å². The maximum Gasteiger partial charge on any atom is 0.447 e. The first-order chi connectivity index (χ1) is 62.2. The summed E-state index contributed by atoms with van der Waals surface area (Å²) in [5.74, 6) is 6.00. The van der Waals surface area contributed by atoms with Crippen molar-refractivity contribution >= 4 is 141 Å². The second-order valence-corrected chi connectivity index (χ2v) is 29.9. The van der Waals surface area contributed by atoms with Crippen molar-refractivity contribution in [2.24, 2.45) is 28.2 Å². The van der Waals surface area contributed by atoms with E-state index in [0.29, 0.717) is 28.5 Å². The van der Waals surface area contributed by atoms with Gasteiger partial charge in [0.2, 0.25) is 22.9 Å². The highest BCUT2D eigenvalue weighted by Gasteiger charge is 2.43. The molecule has 0 unspecified atom stereocenters. The van der Waals surface area contributed by atoms with Gasteiger partial charge in [0.25, 0.3) is 23.3 Å². The second-order valence-electron chi connectivity index (χ2n) is 29.9. The van der Waals surface area contributed by atoms with Gasteiger partial charge in [-0.15, -0.1) is 0 Å². The molecule has 0 atom stereocenters. The summed E-state index contributed by atoms with van der Waals surface area (Å²) in [5.41, 5.74) is 18.2. The van der Waals surface area contributed by atoms with Crippen LogP contribution < -0.4 is 59.6 Å². The van der Waals surface area contributed by atoms with Gasteiger partial charge in [0.1, 0.15) is 22.9 Å². The van der Waals surface area contributed by atoms with E-state index in [9.17, 15) is 0 Å². The van der Waals surface area contributed by atoms with Crippen LogP contribution in [0.2, 0.25) is 27.3 Å². The predicted octanol–water partition coefficient (Wildman–Crippen LogP) is 17.0. The molecule has 0 saturated carbocycles. The van der Waals surface area contributed by atoms with Crippen LogP contribution >= 0.6 is 0 Å². The molecule has 0 spiro atoms. The van der Waals surface area contributed by atoms with Gasteiger partial charge in [0.15, 0.2) is 0 Å². The lowest BCUT2D eigenvalue weighted by molar-refractivity contribution is -0.658. The van der Waals surface area contributed by atoms with Crippen LogP contribution in [0.5, 0.6) is 0 Å². The lowest BCUT2D eigenvalue weighted by atomic mass is 9.54. The van der Waals surface area contributed by atoms with E-state index >= 15 is 0 Å². The smallest absolute Gasteiger partial charge is 0.447 e. The minimum atomic E-state index is -2.32. The maximum atomic E-state index is 8.07. The van der Waals surface area contributed by atoms with Crippen LogP contribution in [-0.4, -0.2) is 47.3 Å². The van der Waals surface area contributed by atoms with Gasteiger partial charge in [0.05, 0.1) is 83.2 Å². The lowest BCUT2D eigenvalue weighted by Gasteiger charge is -2.23. The molecule has 116 heavy (non-hydrogen) atoms. The highest BCUT2D eigenvalue weighted by Crippen LogP contribution is 2.36. The van der Waals surface area contributed by atoms with Crippen LogP contribution in [0.3, 0.4) is 0 Å². The molecule has 16 nitrogen and oxygen atoms in total. The number of rotatable bonds is 8. The Bertz CT molecular complexity index is 7260. The predicted molar refractivity (Wildman–Crippen MR) is 477 cm³/mol. The van der Waals surface area contributed by atoms with Crippen LogP contribution in [0.4, 0.5) is 23.3 Å². The van der Waals surface area contributed by atoms with Crippen LogP contribution in [0.15, 0.2) is 261 Å². The van der Waals surface area contributed by atoms with Gasteiger partial charge in [-0.1, -0.05) is 121 Å². The number of anilines is 4. The van der Waals surface area contributed by atoms with Crippen molar-refractivity contribution in [3.8, 4) is 44.5 Å². The molecule has 12 aromatic heterocycles. The Morgan fingerprint density at radius 1 is 0.328 bits per heavy atom. The van der Waals surface area contributed by atoms with E-state index in [1.54, 1.807) is 36.5 Å². The molecule has 568 valence electrons. The SMILES string of the molecule is [2H]C([2H])([2H])c1cc(C)c2c3c(oc2n1)B(C)N(c1cc(C)c(-c2ccccc2)c[n+]1C)C=C3.[2H]C([2H])([2H])c1ccc2c3c(oc2n1)C=CN(c1cc(-c2ccccc2)c(C([2H])([2H])[2H])c[n+]1C)B3C.[2H]C([2H])([2H])c1ccc2c3c(oc2n1)C=CN(c1cc(-c2ccccc2)cc[n+]1C)B3C.[2H]C([2H])([2H])c1ccc2c3c(oc2n1)C=CN(c1cc(C)c(-c2ccccc2)c[n+]1C)B3C. The summed E-state index contributed by atoms with van der Waals surface area (Å²) in [4.78, 5) is 25.7. The minimum absolute atomic E-state index is 0.00941. The summed E-state index contributed by atoms with van der Waals surface area (Å²) >= 11 is 0. The number of nitrogens with zero attached hydrogens (tertiary/aromatic N) is 12. The van der Waals surface area contributed by atoms with E-state index in [1.807, 2.05) is 160 Å². The minimum Gasteiger partial charge on any atom is -0.447 e. The first-order valence-electron chi connectivity index (χ1n) is 46.0. The number of fused-ring (bicyclic) bond motifs is 12. The molecular weight excluding hydrogens is 1430 g/mol. The van der Waals surface area contributed by atoms with Crippen molar-refractivity contribution in [3.05, 3.63) is 312 Å². The zero-order chi connectivity index (χ0) is 93.0. The number of hydrogen-bond acceptors (Lipinski definition) is 12. The zero-order valence-electron chi connectivity index (χ0n) is 81.2. The maximum absolute atomic E-state index is 8.07. The van der Waals surface area contributed by atoms with Gasteiger partial charge in [-0.05, 0) is 193 Å². The third-order valence-corrected chi connectivity index (χ3v) is 22.4. The Labute approximate surface area is 700 Å². The number of benzene rings is 4. The fourth-order valence-corrected chi connectivity index (χ4v) is 16.5. The molecule has 4 aliphatic rings. The molecule has 16 heterocycles. The molecule has 16 aromatic rings. The van der Waals surface area contributed by atoms with Gasteiger partial charge in [-0.2, -0.15) is 0 Å². The molecule has 0 N–H and O–H groups in total. The molecule has 0 amide bonds. The number of hydrogen-bond donors (Lipinski definition) is 0. The van der Waals surface area contributed by atoms with Crippen molar-refractivity contribution < 1.29 is 56.5 Å². The van der Waals surface area contributed by atoms with Crippen LogP contribution in [0, 0.1) is 55.0 Å². The summed E-state index contributed by atoms with van der Waals surface area (Å²) in [6.07, 6.45) is 23.7. The summed E-state index contributed by atoms with van der Waals surface area (Å²) in [6.45, 7) is 2.84. The molecule has 4 aliphatic heterocycles. The fourth-order valence-electron chi connectivity index (χ4n) is 16.5. The van der Waals surface area contributed by atoms with E-state index in [1.165, 1.54) is 39.4 Å². The highest BCUT2D eigenvalue weighted by atomic mass is 16.4. The molecule has 0 bridgehead atoms. The standard InChI is InChI=1S/C25H25BN3O.2C24H23BN3O.C23H21BN3O/c1-16-14-22(28(5)15-21(16)19-9-7-6-8-10-19)29-12-11-20-23-17(2)13-18(3)27-25(23)30-24(20)26(29)4;1-16-15-27(4)22(14-20(16)18-8-6-5-7-9-18)28-13-12-21-23(25(28)3)19-11-10-17(2)26-24(19)29-21;1-16-14-22(27(4)15-20(16)18-8-6-5-7-9-18)28-13-12-21-23(25(28)3)19-11-10-17(2)26-24(19)29-21;1-16-9-10-19-22-20(28-23(19)25-16)12-14-27(24(22)2)21-15-18(11-13-26(21)3)17-7-5-4-6-8-17/h6-15H,1-5H3;2*5-15H,1-4H3;4-15H,1-3H3/q4*+1/i3D3;1D3,2D3;2D3;1D3. The number of furan rings is 4. The Balaban J connectivity index is 0.000000122. The van der Waals surface area contributed by atoms with Gasteiger partial charge in [-0.25, -0.2) is 38.2 Å². The average Bonchev–Trinajstić information content (AvgIpc) is 1.62. The Morgan fingerprint density at radius 3 is 1.16 bits per heavy atom. The van der Waals surface area contributed by atoms with E-state index < -0.39 is 34.3 Å². The van der Waals surface area contributed by atoms with Gasteiger partial charge < -0.3 is 17.7 Å². The normalized spacial score (nSPS) is 15.7. The first-order valence-corrected chi connectivity index (χ1v) is 38.5. The Kier molecular flexibility index (Phi) is 15.8. The molecule has 20 heteroatoms. The molecular formula is C96H92B4N12O4+4. The van der Waals surface area contributed by atoms with E-state index in [4.69, 9.17) is 38.2 Å². The second kappa shape index (κ2) is 30.9. The number of aromatic nitrogens is 8. The van der Waals surface area contributed by atoms with Gasteiger partial charge in [-0.3, -0.25) is 19.2 Å². The number of pyridine rings is 8. The zero-order valence-corrected chi connectivity index (χ0v) is 66.2. The largest absolute Gasteiger partial charge is 0.447 e. The molecule has 4 aromatic carbocycles. The van der Waals surface area contributed by atoms with E-state index in [2.05, 4.69) is 199 Å². The molecule has 0 fully saturated rings. The quantitative estimate of drug-likeness (QED) is 0.106. The molecule has 0 aliphatic carbocycles. The Hall–Kier alpha value is -13.3. The van der Waals surface area contributed by atoms with Crippen molar-refractivity contribution in [2.75, 3.05) is 19.2 Å². The third kappa shape index (κ3) is 14.1. The number of aryl methyl sites for hydroxylation is 12. The lowest BCUT2D eigenvalue weighted by Crippen LogP contribution is -2.50. The fraction of sp³-hybridized carbons (Fsp3) is 0.167. The Morgan fingerprint density at radius 2 is 0.716 bits per heavy atom. The molecule has 20 rings (SSSR count). The van der Waals surface area contributed by atoms with E-state index in [-0.39, 0.29) is 61.4 Å². The molecule has 0 saturated heterocycles. The third-order valence-electron chi connectivity index (χ3n) is 22.4. The average molecular weight is 1540 g/mol. The topological polar surface area (TPSA) is 133 Å². The summed E-state index contributed by atoms with van der Waals surface area (Å²) in [5, 5.41) is 3.31.